The molecule has 1 aromatic rings. The molecule has 0 aliphatic carbocycles. The number of methoxy groups -OCH3 is 1. The first kappa shape index (κ1) is 16.9. The minimum absolute atomic E-state index is 0.283. The maximum atomic E-state index is 5.69. The van der Waals surface area contributed by atoms with E-state index in [4.69, 9.17) is 9.26 Å². The van der Waals surface area contributed by atoms with Crippen LogP contribution in [0.3, 0.4) is 0 Å². The Hall–Kier alpha value is -1.11. The van der Waals surface area contributed by atoms with Gasteiger partial charge in [-0.15, -0.1) is 0 Å². The number of rotatable bonds is 8. The second kappa shape index (κ2) is 9.74. The molecule has 0 saturated heterocycles. The minimum Gasteiger partial charge on any atom is -0.497 e. The molecule has 0 radical (unpaired) electrons. The first-order valence-corrected chi connectivity index (χ1v) is 8.70. The Morgan fingerprint density at radius 1 is 1.20 bits per heavy atom. The van der Waals surface area contributed by atoms with Crippen molar-refractivity contribution in [2.45, 2.75) is 20.8 Å². The summed E-state index contributed by atoms with van der Waals surface area (Å²) in [6.45, 7) is 7.18. The molecule has 3 heteroatoms. The van der Waals surface area contributed by atoms with Crippen LogP contribution >= 0.6 is 8.15 Å². The Bertz CT molecular complexity index is 435. The highest BCUT2D eigenvalue weighted by Gasteiger charge is 2.01. The van der Waals surface area contributed by atoms with Crippen LogP contribution < -0.4 is 4.74 Å². The highest BCUT2D eigenvalue weighted by Crippen LogP contribution is 2.35. The van der Waals surface area contributed by atoms with Gasteiger partial charge in [-0.3, -0.25) is 0 Å². The maximum absolute atomic E-state index is 5.69. The maximum Gasteiger partial charge on any atom is 0.118 e. The number of allylic oxidation sites excluding steroid dienone is 4. The number of benzene rings is 1. The van der Waals surface area contributed by atoms with Crippen LogP contribution in [0.2, 0.25) is 0 Å². The zero-order valence-electron chi connectivity index (χ0n) is 12.9. The van der Waals surface area contributed by atoms with Crippen LogP contribution in [0.1, 0.15) is 26.3 Å². The van der Waals surface area contributed by atoms with Crippen molar-refractivity contribution in [1.82, 2.24) is 0 Å². The molecule has 0 spiro atoms. The van der Waals surface area contributed by atoms with E-state index >= 15 is 0 Å². The fraction of sp³-hybridized carbons (Fsp3) is 0.412. The molecule has 0 aliphatic heterocycles. The largest absolute Gasteiger partial charge is 0.497 e. The van der Waals surface area contributed by atoms with Crippen molar-refractivity contribution in [2.24, 2.45) is 0 Å². The fourth-order valence-corrected chi connectivity index (χ4v) is 3.06. The summed E-state index contributed by atoms with van der Waals surface area (Å²) in [6, 6.07) is 8.14. The van der Waals surface area contributed by atoms with Crippen molar-refractivity contribution in [3.05, 3.63) is 48.1 Å². The van der Waals surface area contributed by atoms with Gasteiger partial charge >= 0.3 is 0 Å². The first-order chi connectivity index (χ1) is 9.71. The summed E-state index contributed by atoms with van der Waals surface area (Å²) in [5.41, 5.74) is 2.47. The molecule has 110 valence electrons. The van der Waals surface area contributed by atoms with Crippen LogP contribution in [0.25, 0.3) is 5.57 Å². The lowest BCUT2D eigenvalue weighted by molar-refractivity contribution is 0.379. The second-order valence-corrected chi connectivity index (χ2v) is 6.62. The summed E-state index contributed by atoms with van der Waals surface area (Å²) < 4.78 is 10.9. The predicted molar refractivity (Wildman–Crippen MR) is 89.7 cm³/mol. The summed E-state index contributed by atoms with van der Waals surface area (Å²) in [6.07, 6.45) is 8.64. The van der Waals surface area contributed by atoms with Crippen molar-refractivity contribution < 1.29 is 9.26 Å². The summed E-state index contributed by atoms with van der Waals surface area (Å²) in [5, 5.41) is 0. The van der Waals surface area contributed by atoms with Gasteiger partial charge in [0.05, 0.1) is 7.11 Å². The standard InChI is InChI=1S/C17H25O2P/c1-5-19-20(6-2)14-8-7-9-15(3)16-10-12-17(18-4)13-11-16/h7-13H,5-6,14H2,1-4H3. The van der Waals surface area contributed by atoms with Crippen molar-refractivity contribution in [1.29, 1.82) is 0 Å². The molecular weight excluding hydrogens is 267 g/mol. The summed E-state index contributed by atoms with van der Waals surface area (Å²) in [7, 11) is 1.40. The van der Waals surface area contributed by atoms with E-state index in [-0.39, 0.29) is 8.15 Å². The summed E-state index contributed by atoms with van der Waals surface area (Å²) in [5.74, 6) is 0.891. The molecule has 20 heavy (non-hydrogen) atoms. The number of ether oxygens (including phenoxy) is 1. The lowest BCUT2D eigenvalue weighted by Gasteiger charge is -2.11. The normalized spacial score (nSPS) is 13.7. The molecule has 1 unspecified atom stereocenters. The molecule has 0 amide bonds. The lowest BCUT2D eigenvalue weighted by atomic mass is 10.1. The summed E-state index contributed by atoms with van der Waals surface area (Å²) in [4.78, 5) is 0. The molecule has 1 aromatic carbocycles. The topological polar surface area (TPSA) is 18.5 Å². The van der Waals surface area contributed by atoms with E-state index in [2.05, 4.69) is 51.1 Å². The minimum atomic E-state index is -0.283. The third kappa shape index (κ3) is 5.90. The zero-order chi connectivity index (χ0) is 14.8. The Morgan fingerprint density at radius 3 is 2.45 bits per heavy atom. The smallest absolute Gasteiger partial charge is 0.118 e. The highest BCUT2D eigenvalue weighted by molar-refractivity contribution is 7.52. The molecule has 0 saturated carbocycles. The first-order valence-electron chi connectivity index (χ1n) is 7.07. The molecule has 0 N–H and O–H groups in total. The molecule has 0 aliphatic rings. The van der Waals surface area contributed by atoms with Gasteiger partial charge in [0.1, 0.15) is 5.75 Å². The van der Waals surface area contributed by atoms with Gasteiger partial charge in [-0.2, -0.15) is 0 Å². The SMILES string of the molecule is CCOP(CC)CC=CC=C(C)c1ccc(OC)cc1. The van der Waals surface area contributed by atoms with E-state index < -0.39 is 0 Å². The van der Waals surface area contributed by atoms with Crippen LogP contribution in [-0.2, 0) is 4.52 Å². The Kier molecular flexibility index (Phi) is 8.25. The van der Waals surface area contributed by atoms with Crippen LogP contribution in [-0.4, -0.2) is 26.0 Å². The molecule has 0 aromatic heterocycles. The van der Waals surface area contributed by atoms with E-state index in [1.165, 1.54) is 11.1 Å². The molecule has 0 heterocycles. The number of hydrogen-bond acceptors (Lipinski definition) is 2. The summed E-state index contributed by atoms with van der Waals surface area (Å²) >= 11 is 0. The molecular formula is C17H25O2P. The second-order valence-electron chi connectivity index (χ2n) is 4.40. The quantitative estimate of drug-likeness (QED) is 0.490. The Labute approximate surface area is 124 Å². The molecule has 1 rings (SSSR count). The third-order valence-electron chi connectivity index (χ3n) is 3.00. The molecule has 0 fully saturated rings. The van der Waals surface area contributed by atoms with E-state index in [1.54, 1.807) is 7.11 Å². The van der Waals surface area contributed by atoms with Gasteiger partial charge in [-0.1, -0.05) is 37.3 Å². The Morgan fingerprint density at radius 2 is 1.90 bits per heavy atom. The average molecular weight is 292 g/mol. The van der Waals surface area contributed by atoms with Gasteiger partial charge in [0.15, 0.2) is 0 Å². The van der Waals surface area contributed by atoms with E-state index in [0.717, 1.165) is 24.7 Å². The van der Waals surface area contributed by atoms with Gasteiger partial charge in [-0.05, 0) is 43.3 Å². The van der Waals surface area contributed by atoms with Gasteiger partial charge in [-0.25, -0.2) is 0 Å². The van der Waals surface area contributed by atoms with E-state index in [9.17, 15) is 0 Å². The number of hydrogen-bond donors (Lipinski definition) is 0. The van der Waals surface area contributed by atoms with E-state index in [0.29, 0.717) is 0 Å². The van der Waals surface area contributed by atoms with Gasteiger partial charge in [0.2, 0.25) is 0 Å². The van der Waals surface area contributed by atoms with Gasteiger partial charge < -0.3 is 9.26 Å². The van der Waals surface area contributed by atoms with Crippen LogP contribution in [0.4, 0.5) is 0 Å². The van der Waals surface area contributed by atoms with Crippen molar-refractivity contribution in [3.8, 4) is 5.75 Å². The predicted octanol–water partition coefficient (Wildman–Crippen LogP) is 5.11. The molecule has 2 nitrogen and oxygen atoms in total. The van der Waals surface area contributed by atoms with Crippen molar-refractivity contribution >= 4 is 13.7 Å². The average Bonchev–Trinajstić information content (AvgIpc) is 2.50. The monoisotopic (exact) mass is 292 g/mol. The highest BCUT2D eigenvalue weighted by atomic mass is 31.1. The van der Waals surface area contributed by atoms with Crippen LogP contribution in [0, 0.1) is 0 Å². The third-order valence-corrected chi connectivity index (χ3v) is 4.95. The van der Waals surface area contributed by atoms with Gasteiger partial charge in [0, 0.05) is 20.9 Å². The lowest BCUT2D eigenvalue weighted by Crippen LogP contribution is -1.89. The fourth-order valence-electron chi connectivity index (χ4n) is 1.80. The molecule has 0 bridgehead atoms. The Balaban J connectivity index is 2.55. The van der Waals surface area contributed by atoms with Crippen molar-refractivity contribution in [2.75, 3.05) is 26.0 Å². The van der Waals surface area contributed by atoms with Crippen LogP contribution in [0.5, 0.6) is 5.75 Å². The zero-order valence-corrected chi connectivity index (χ0v) is 13.8. The van der Waals surface area contributed by atoms with E-state index in [1.807, 2.05) is 12.1 Å². The molecule has 1 atom stereocenters. The van der Waals surface area contributed by atoms with Gasteiger partial charge in [0.25, 0.3) is 0 Å². The van der Waals surface area contributed by atoms with Crippen LogP contribution in [0.15, 0.2) is 42.5 Å². The van der Waals surface area contributed by atoms with Crippen molar-refractivity contribution in [3.63, 3.8) is 0 Å².